The van der Waals surface area contributed by atoms with E-state index in [4.69, 9.17) is 4.74 Å². The number of hydrogen-bond acceptors (Lipinski definition) is 6. The minimum atomic E-state index is -0.572. The first-order valence-electron chi connectivity index (χ1n) is 12.9. The van der Waals surface area contributed by atoms with Gasteiger partial charge in [0.05, 0.1) is 12.3 Å². The average Bonchev–Trinajstić information content (AvgIpc) is 3.46. The highest BCUT2D eigenvalue weighted by molar-refractivity contribution is 8.00. The highest BCUT2D eigenvalue weighted by Gasteiger charge is 2.23. The molecule has 0 radical (unpaired) electrons. The van der Waals surface area contributed by atoms with Crippen LogP contribution in [-0.4, -0.2) is 23.4 Å². The first kappa shape index (κ1) is 28.1. The van der Waals surface area contributed by atoms with Crippen LogP contribution >= 0.6 is 23.1 Å². The van der Waals surface area contributed by atoms with Crippen LogP contribution < -0.4 is 15.4 Å². The van der Waals surface area contributed by atoms with Crippen molar-refractivity contribution in [3.63, 3.8) is 0 Å². The Balaban J connectivity index is 1.31. The molecule has 0 spiro atoms. The lowest BCUT2D eigenvalue weighted by Gasteiger charge is -2.17. The van der Waals surface area contributed by atoms with E-state index in [9.17, 15) is 14.0 Å². The number of thiazole rings is 1. The first-order chi connectivity index (χ1) is 20.0. The fourth-order valence-electron chi connectivity index (χ4n) is 4.01. The molecule has 41 heavy (non-hydrogen) atoms. The Morgan fingerprint density at radius 2 is 1.68 bits per heavy atom. The van der Waals surface area contributed by atoms with E-state index < -0.39 is 11.1 Å². The van der Waals surface area contributed by atoms with Gasteiger partial charge in [0.25, 0.3) is 5.91 Å². The Morgan fingerprint density at radius 3 is 2.41 bits per heavy atom. The Hall–Kier alpha value is -4.47. The summed E-state index contributed by atoms with van der Waals surface area (Å²) in [5.74, 6) is -0.178. The number of nitrogens with zero attached hydrogens (tertiary/aromatic N) is 1. The number of amides is 2. The molecule has 0 aliphatic carbocycles. The predicted molar refractivity (Wildman–Crippen MR) is 163 cm³/mol. The molecular weight excluding hydrogens is 558 g/mol. The Kier molecular flexibility index (Phi) is 9.08. The van der Waals surface area contributed by atoms with Crippen LogP contribution in [0.1, 0.15) is 28.1 Å². The number of nitrogens with one attached hydrogen (secondary N) is 2. The highest BCUT2D eigenvalue weighted by Crippen LogP contribution is 2.38. The second-order valence-corrected chi connectivity index (χ2v) is 10.9. The molecule has 1 atom stereocenters. The minimum absolute atomic E-state index is 0.213. The number of carbonyl (C=O) groups is 2. The molecule has 1 unspecified atom stereocenters. The fraction of sp³-hybridized carbons (Fsp3) is 0.0938. The van der Waals surface area contributed by atoms with Crippen molar-refractivity contribution in [2.75, 3.05) is 17.2 Å². The summed E-state index contributed by atoms with van der Waals surface area (Å²) in [5.41, 5.74) is 3.44. The Bertz CT molecular complexity index is 1620. The smallest absolute Gasteiger partial charge is 0.255 e. The second-order valence-electron chi connectivity index (χ2n) is 8.88. The normalized spacial score (nSPS) is 11.5. The molecule has 1 aromatic heterocycles. The maximum absolute atomic E-state index is 13.6. The van der Waals surface area contributed by atoms with E-state index in [0.29, 0.717) is 23.0 Å². The molecule has 2 amide bonds. The number of halogens is 1. The maximum atomic E-state index is 13.6. The standard InChI is InChI=1S/C32H26FN3O3S2/c1-2-39-26-17-13-21(14-18-26)28-20-40-32(35-28)36-31(38)29(22-7-4-3-5-8-22)41-27-10-6-9-25(19-27)34-30(37)23-11-15-24(33)16-12-23/h3-20,29H,2H2,1H3,(H,34,37)(H,35,36,38). The summed E-state index contributed by atoms with van der Waals surface area (Å²) >= 11 is 2.73. The van der Waals surface area contributed by atoms with Gasteiger partial charge in [-0.15, -0.1) is 23.1 Å². The molecule has 4 aromatic carbocycles. The molecule has 0 saturated carbocycles. The lowest BCUT2D eigenvalue weighted by molar-refractivity contribution is -0.115. The van der Waals surface area contributed by atoms with Crippen molar-refractivity contribution in [1.29, 1.82) is 0 Å². The summed E-state index contributed by atoms with van der Waals surface area (Å²) in [4.78, 5) is 31.6. The number of thioether (sulfide) groups is 1. The number of benzene rings is 4. The van der Waals surface area contributed by atoms with Crippen molar-refractivity contribution >= 4 is 45.7 Å². The third kappa shape index (κ3) is 7.39. The second kappa shape index (κ2) is 13.3. The van der Waals surface area contributed by atoms with Crippen molar-refractivity contribution in [2.24, 2.45) is 0 Å². The average molecular weight is 584 g/mol. The summed E-state index contributed by atoms with van der Waals surface area (Å²) in [5, 5.41) is 7.65. The summed E-state index contributed by atoms with van der Waals surface area (Å²) in [6.45, 7) is 2.54. The fourth-order valence-corrected chi connectivity index (χ4v) is 5.82. The minimum Gasteiger partial charge on any atom is -0.494 e. The van der Waals surface area contributed by atoms with E-state index >= 15 is 0 Å². The maximum Gasteiger partial charge on any atom is 0.255 e. The summed E-state index contributed by atoms with van der Waals surface area (Å²) in [6, 6.07) is 29.8. The molecule has 0 aliphatic rings. The number of hydrogen-bond donors (Lipinski definition) is 2. The molecule has 0 bridgehead atoms. The van der Waals surface area contributed by atoms with E-state index in [1.54, 1.807) is 6.07 Å². The molecule has 1 heterocycles. The van der Waals surface area contributed by atoms with Gasteiger partial charge < -0.3 is 15.4 Å². The molecule has 9 heteroatoms. The summed E-state index contributed by atoms with van der Waals surface area (Å²) < 4.78 is 18.7. The van der Waals surface area contributed by atoms with Crippen LogP contribution in [0.4, 0.5) is 15.2 Å². The molecule has 206 valence electrons. The zero-order valence-electron chi connectivity index (χ0n) is 22.0. The van der Waals surface area contributed by atoms with Crippen LogP contribution in [-0.2, 0) is 4.79 Å². The third-order valence-electron chi connectivity index (χ3n) is 5.99. The monoisotopic (exact) mass is 583 g/mol. The SMILES string of the molecule is CCOc1ccc(-c2csc(NC(=O)C(Sc3cccc(NC(=O)c4ccc(F)cc4)c3)c3ccccc3)n2)cc1. The van der Waals surface area contributed by atoms with Crippen LogP contribution in [0.3, 0.4) is 0 Å². The number of carbonyl (C=O) groups excluding carboxylic acids is 2. The molecule has 0 fully saturated rings. The molecule has 6 nitrogen and oxygen atoms in total. The quantitative estimate of drug-likeness (QED) is 0.163. The lowest BCUT2D eigenvalue weighted by atomic mass is 10.1. The molecule has 0 saturated heterocycles. The van der Waals surface area contributed by atoms with Crippen molar-refractivity contribution in [3.8, 4) is 17.0 Å². The predicted octanol–water partition coefficient (Wildman–Crippen LogP) is 8.07. The van der Waals surface area contributed by atoms with Crippen molar-refractivity contribution < 1.29 is 18.7 Å². The van der Waals surface area contributed by atoms with Crippen molar-refractivity contribution in [2.45, 2.75) is 17.1 Å². The zero-order valence-corrected chi connectivity index (χ0v) is 23.7. The van der Waals surface area contributed by atoms with Crippen LogP contribution in [0, 0.1) is 5.82 Å². The van der Waals surface area contributed by atoms with E-state index in [1.807, 2.05) is 85.1 Å². The molecule has 0 aliphatic heterocycles. The van der Waals surface area contributed by atoms with Crippen LogP contribution in [0.2, 0.25) is 0 Å². The van der Waals surface area contributed by atoms with Crippen LogP contribution in [0.15, 0.2) is 113 Å². The number of aromatic nitrogens is 1. The van der Waals surface area contributed by atoms with Gasteiger partial charge >= 0.3 is 0 Å². The van der Waals surface area contributed by atoms with Gasteiger partial charge in [0.1, 0.15) is 16.8 Å². The van der Waals surface area contributed by atoms with Crippen molar-refractivity contribution in [1.82, 2.24) is 4.98 Å². The van der Waals surface area contributed by atoms with Gasteiger partial charge in [0.15, 0.2) is 5.13 Å². The van der Waals surface area contributed by atoms with Gasteiger partial charge in [0, 0.05) is 27.1 Å². The van der Waals surface area contributed by atoms with Gasteiger partial charge in [-0.3, -0.25) is 9.59 Å². The Labute approximate surface area is 245 Å². The summed E-state index contributed by atoms with van der Waals surface area (Å²) in [7, 11) is 0. The summed E-state index contributed by atoms with van der Waals surface area (Å²) in [6.07, 6.45) is 0. The van der Waals surface area contributed by atoms with Gasteiger partial charge in [0.2, 0.25) is 5.91 Å². The van der Waals surface area contributed by atoms with Gasteiger partial charge in [-0.2, -0.15) is 0 Å². The lowest BCUT2D eigenvalue weighted by Crippen LogP contribution is -2.19. The van der Waals surface area contributed by atoms with E-state index in [-0.39, 0.29) is 11.8 Å². The van der Waals surface area contributed by atoms with Crippen LogP contribution in [0.5, 0.6) is 5.75 Å². The molecule has 5 aromatic rings. The van der Waals surface area contributed by atoms with Gasteiger partial charge in [-0.1, -0.05) is 36.4 Å². The van der Waals surface area contributed by atoms with E-state index in [2.05, 4.69) is 15.6 Å². The number of ether oxygens (including phenoxy) is 1. The Morgan fingerprint density at radius 1 is 0.927 bits per heavy atom. The number of rotatable bonds is 10. The van der Waals surface area contributed by atoms with Gasteiger partial charge in [-0.25, -0.2) is 9.37 Å². The zero-order chi connectivity index (χ0) is 28.6. The highest BCUT2D eigenvalue weighted by atomic mass is 32.2. The topological polar surface area (TPSA) is 80.3 Å². The molecule has 2 N–H and O–H groups in total. The molecule has 5 rings (SSSR count). The van der Waals surface area contributed by atoms with E-state index in [1.165, 1.54) is 47.4 Å². The molecular formula is C32H26FN3O3S2. The van der Waals surface area contributed by atoms with Crippen molar-refractivity contribution in [3.05, 3.63) is 125 Å². The third-order valence-corrected chi connectivity index (χ3v) is 7.99. The van der Waals surface area contributed by atoms with E-state index in [0.717, 1.165) is 27.5 Å². The number of anilines is 2. The van der Waals surface area contributed by atoms with Crippen LogP contribution in [0.25, 0.3) is 11.3 Å². The van der Waals surface area contributed by atoms with Gasteiger partial charge in [-0.05, 0) is 79.2 Å². The largest absolute Gasteiger partial charge is 0.494 e. The first-order valence-corrected chi connectivity index (χ1v) is 14.6.